The number of rotatable bonds is 9. The fourth-order valence-corrected chi connectivity index (χ4v) is 3.59. The predicted octanol–water partition coefficient (Wildman–Crippen LogP) is 3.59. The molecule has 0 unspecified atom stereocenters. The molecule has 0 atom stereocenters. The van der Waals surface area contributed by atoms with Crippen LogP contribution >= 0.6 is 24.0 Å². The van der Waals surface area contributed by atoms with E-state index in [0.29, 0.717) is 6.54 Å². The first kappa shape index (κ1) is 24.2. The van der Waals surface area contributed by atoms with E-state index >= 15 is 0 Å². The molecule has 27 heavy (non-hydrogen) atoms. The predicted molar refractivity (Wildman–Crippen MR) is 123 cm³/mol. The number of piperidine rings is 1. The summed E-state index contributed by atoms with van der Waals surface area (Å²) in [5.41, 5.74) is 2.19. The third kappa shape index (κ3) is 7.60. The van der Waals surface area contributed by atoms with Crippen LogP contribution in [0.3, 0.4) is 0 Å². The normalized spacial score (nSPS) is 16.2. The Morgan fingerprint density at radius 3 is 2.48 bits per heavy atom. The lowest BCUT2D eigenvalue weighted by Gasteiger charge is -2.32. The Hall–Kier alpha value is -0.830. The molecule has 0 spiro atoms. The summed E-state index contributed by atoms with van der Waals surface area (Å²) in [7, 11) is 0. The van der Waals surface area contributed by atoms with Crippen molar-refractivity contribution in [2.45, 2.75) is 66.3 Å². The van der Waals surface area contributed by atoms with Crippen molar-refractivity contribution >= 4 is 29.9 Å². The summed E-state index contributed by atoms with van der Waals surface area (Å²) in [5.74, 6) is 2.60. The van der Waals surface area contributed by atoms with Crippen LogP contribution in [0, 0.1) is 5.92 Å². The van der Waals surface area contributed by atoms with Crippen LogP contribution in [-0.2, 0) is 19.4 Å². The van der Waals surface area contributed by atoms with Gasteiger partial charge in [0.1, 0.15) is 5.76 Å². The molecule has 2 heterocycles. The van der Waals surface area contributed by atoms with E-state index in [1.807, 2.05) is 0 Å². The van der Waals surface area contributed by atoms with Gasteiger partial charge in [0.25, 0.3) is 0 Å². The summed E-state index contributed by atoms with van der Waals surface area (Å²) in [6, 6.07) is 0. The molecule has 1 aromatic heterocycles. The van der Waals surface area contributed by atoms with E-state index in [2.05, 4.69) is 48.4 Å². The molecule has 0 saturated carbocycles. The van der Waals surface area contributed by atoms with Crippen molar-refractivity contribution in [2.75, 3.05) is 32.7 Å². The molecule has 0 aliphatic carbocycles. The van der Waals surface area contributed by atoms with Crippen LogP contribution < -0.4 is 10.6 Å². The minimum atomic E-state index is 0. The molecule has 1 fully saturated rings. The third-order valence-electron chi connectivity index (χ3n) is 5.15. The average Bonchev–Trinajstić information content (AvgIpc) is 3.07. The van der Waals surface area contributed by atoms with Crippen molar-refractivity contribution in [2.24, 2.45) is 10.9 Å². The fraction of sp³-hybridized carbons (Fsp3) is 0.800. The van der Waals surface area contributed by atoms with Gasteiger partial charge in [-0.2, -0.15) is 0 Å². The summed E-state index contributed by atoms with van der Waals surface area (Å²) < 4.78 is 5.45. The number of aryl methyl sites for hydroxylation is 2. The van der Waals surface area contributed by atoms with E-state index < -0.39 is 0 Å². The maximum Gasteiger partial charge on any atom is 0.191 e. The Balaban J connectivity index is 0.00000364. The molecular formula is C20H38IN5O. The summed E-state index contributed by atoms with van der Waals surface area (Å²) in [5, 5.41) is 11.1. The maximum absolute atomic E-state index is 5.45. The lowest BCUT2D eigenvalue weighted by atomic mass is 9.97. The molecule has 2 N–H and O–H groups in total. The number of halogens is 1. The van der Waals surface area contributed by atoms with E-state index in [1.165, 1.54) is 38.9 Å². The van der Waals surface area contributed by atoms with Crippen LogP contribution in [0.5, 0.6) is 0 Å². The molecule has 1 saturated heterocycles. The second-order valence-corrected chi connectivity index (χ2v) is 7.10. The van der Waals surface area contributed by atoms with Crippen molar-refractivity contribution < 1.29 is 4.52 Å². The molecular weight excluding hydrogens is 453 g/mol. The van der Waals surface area contributed by atoms with Gasteiger partial charge in [-0.15, -0.1) is 24.0 Å². The van der Waals surface area contributed by atoms with Crippen LogP contribution in [0.2, 0.25) is 0 Å². The molecule has 6 nitrogen and oxygen atoms in total. The quantitative estimate of drug-likeness (QED) is 0.314. The van der Waals surface area contributed by atoms with Gasteiger partial charge < -0.3 is 20.1 Å². The van der Waals surface area contributed by atoms with E-state index in [-0.39, 0.29) is 24.0 Å². The minimum absolute atomic E-state index is 0. The van der Waals surface area contributed by atoms with Crippen molar-refractivity contribution in [1.82, 2.24) is 20.7 Å². The number of likely N-dealkylation sites (tertiary alicyclic amines) is 1. The standard InChI is InChI=1S/C20H37N5O.HI/c1-5-11-25-12-9-16(10-13-25)14-22-20(21-8-4)23-15-17-18(6-2)24-26-19(17)7-3;/h16H,5-15H2,1-4H3,(H2,21,22,23);1H. The Labute approximate surface area is 181 Å². The zero-order valence-electron chi connectivity index (χ0n) is 17.5. The number of hydrogen-bond acceptors (Lipinski definition) is 4. The number of nitrogens with zero attached hydrogens (tertiary/aromatic N) is 3. The number of hydrogen-bond donors (Lipinski definition) is 2. The number of guanidine groups is 1. The highest BCUT2D eigenvalue weighted by molar-refractivity contribution is 14.0. The van der Waals surface area contributed by atoms with Crippen LogP contribution in [0.15, 0.2) is 9.52 Å². The van der Waals surface area contributed by atoms with Gasteiger partial charge in [0.2, 0.25) is 0 Å². The zero-order valence-corrected chi connectivity index (χ0v) is 19.8. The maximum atomic E-state index is 5.45. The summed E-state index contributed by atoms with van der Waals surface area (Å²) in [4.78, 5) is 7.37. The molecule has 0 aromatic carbocycles. The third-order valence-corrected chi connectivity index (χ3v) is 5.15. The molecule has 0 bridgehead atoms. The SMILES string of the molecule is CCCN1CCC(CNC(=NCc2c(CC)noc2CC)NCC)CC1.I. The van der Waals surface area contributed by atoms with Gasteiger partial charge in [0, 0.05) is 25.1 Å². The number of nitrogens with one attached hydrogen (secondary N) is 2. The van der Waals surface area contributed by atoms with Crippen LogP contribution in [-0.4, -0.2) is 48.7 Å². The Morgan fingerprint density at radius 1 is 1.15 bits per heavy atom. The van der Waals surface area contributed by atoms with Gasteiger partial charge in [-0.3, -0.25) is 0 Å². The minimum Gasteiger partial charge on any atom is -0.361 e. The van der Waals surface area contributed by atoms with Gasteiger partial charge in [0.05, 0.1) is 12.2 Å². The molecule has 1 aliphatic heterocycles. The van der Waals surface area contributed by atoms with E-state index in [1.54, 1.807) is 0 Å². The molecule has 2 rings (SSSR count). The highest BCUT2D eigenvalue weighted by Crippen LogP contribution is 2.18. The zero-order chi connectivity index (χ0) is 18.8. The van der Waals surface area contributed by atoms with Gasteiger partial charge >= 0.3 is 0 Å². The first-order chi connectivity index (χ1) is 12.7. The Kier molecular flexibility index (Phi) is 12.0. The van der Waals surface area contributed by atoms with E-state index in [9.17, 15) is 0 Å². The number of aromatic nitrogens is 1. The molecule has 156 valence electrons. The second kappa shape index (κ2) is 13.4. The molecule has 7 heteroatoms. The molecule has 0 amide bonds. The lowest BCUT2D eigenvalue weighted by Crippen LogP contribution is -2.43. The smallest absolute Gasteiger partial charge is 0.191 e. The highest BCUT2D eigenvalue weighted by Gasteiger charge is 2.19. The number of aliphatic imine (C=N–C) groups is 1. The summed E-state index contributed by atoms with van der Waals surface area (Å²) in [6.45, 7) is 14.8. The van der Waals surface area contributed by atoms with Crippen molar-refractivity contribution in [3.8, 4) is 0 Å². The second-order valence-electron chi connectivity index (χ2n) is 7.10. The largest absolute Gasteiger partial charge is 0.361 e. The molecule has 1 aromatic rings. The lowest BCUT2D eigenvalue weighted by molar-refractivity contribution is 0.185. The van der Waals surface area contributed by atoms with Crippen LogP contribution in [0.25, 0.3) is 0 Å². The first-order valence-electron chi connectivity index (χ1n) is 10.4. The summed E-state index contributed by atoms with van der Waals surface area (Å²) >= 11 is 0. The Bertz CT molecular complexity index is 531. The van der Waals surface area contributed by atoms with Crippen LogP contribution in [0.1, 0.15) is 64.0 Å². The van der Waals surface area contributed by atoms with E-state index in [0.717, 1.165) is 54.8 Å². The van der Waals surface area contributed by atoms with Crippen LogP contribution in [0.4, 0.5) is 0 Å². The molecule has 0 radical (unpaired) electrons. The van der Waals surface area contributed by atoms with Gasteiger partial charge in [0.15, 0.2) is 5.96 Å². The fourth-order valence-electron chi connectivity index (χ4n) is 3.59. The van der Waals surface area contributed by atoms with Gasteiger partial charge in [-0.1, -0.05) is 25.9 Å². The van der Waals surface area contributed by atoms with Crippen molar-refractivity contribution in [3.63, 3.8) is 0 Å². The van der Waals surface area contributed by atoms with Crippen molar-refractivity contribution in [3.05, 3.63) is 17.0 Å². The first-order valence-corrected chi connectivity index (χ1v) is 10.4. The van der Waals surface area contributed by atoms with Gasteiger partial charge in [-0.05, 0) is 58.2 Å². The molecule has 1 aliphatic rings. The van der Waals surface area contributed by atoms with E-state index in [4.69, 9.17) is 9.52 Å². The van der Waals surface area contributed by atoms with Gasteiger partial charge in [-0.25, -0.2) is 4.99 Å². The van der Waals surface area contributed by atoms with Crippen molar-refractivity contribution in [1.29, 1.82) is 0 Å². The monoisotopic (exact) mass is 491 g/mol. The average molecular weight is 491 g/mol. The highest BCUT2D eigenvalue weighted by atomic mass is 127. The summed E-state index contributed by atoms with van der Waals surface area (Å²) in [6.07, 6.45) is 5.55. The topological polar surface area (TPSA) is 65.7 Å². The Morgan fingerprint density at radius 2 is 1.89 bits per heavy atom.